The average molecular weight is 397 g/mol. The van der Waals surface area contributed by atoms with Crippen molar-refractivity contribution in [3.05, 3.63) is 82.7 Å². The molecule has 0 aliphatic carbocycles. The summed E-state index contributed by atoms with van der Waals surface area (Å²) in [5.41, 5.74) is 2.47. The number of halogens is 1. The zero-order valence-corrected chi connectivity index (χ0v) is 15.9. The van der Waals surface area contributed by atoms with E-state index < -0.39 is 0 Å². The lowest BCUT2D eigenvalue weighted by Crippen LogP contribution is -2.11. The Labute approximate surface area is 163 Å². The second-order valence-corrected chi connectivity index (χ2v) is 7.89. The second kappa shape index (κ2) is 7.41. The lowest BCUT2D eigenvalue weighted by Gasteiger charge is -2.01. The largest absolute Gasteiger partial charge is 0.298 e. The Morgan fingerprint density at radius 2 is 1.85 bits per heavy atom. The first-order chi connectivity index (χ1) is 12.7. The van der Waals surface area contributed by atoms with E-state index in [-0.39, 0.29) is 5.91 Å². The van der Waals surface area contributed by atoms with Crippen molar-refractivity contribution in [2.75, 3.05) is 5.32 Å². The molecule has 0 bridgehead atoms. The third-order valence-corrected chi connectivity index (χ3v) is 5.86. The van der Waals surface area contributed by atoms with Gasteiger partial charge in [0, 0.05) is 10.6 Å². The number of hydrogen-bond donors (Lipinski definition) is 1. The Hall–Kier alpha value is -2.47. The van der Waals surface area contributed by atoms with Crippen molar-refractivity contribution >= 4 is 45.3 Å². The Morgan fingerprint density at radius 1 is 1.00 bits per heavy atom. The number of carbonyl (C=O) groups is 1. The van der Waals surface area contributed by atoms with Gasteiger partial charge in [0.15, 0.2) is 5.13 Å². The van der Waals surface area contributed by atoms with Crippen LogP contribution >= 0.6 is 34.3 Å². The highest BCUT2D eigenvalue weighted by Gasteiger charge is 2.17. The molecule has 1 amide bonds. The number of benzene rings is 2. The third kappa shape index (κ3) is 3.55. The molecule has 1 N–H and O–H groups in total. The van der Waals surface area contributed by atoms with Crippen molar-refractivity contribution in [3.8, 4) is 21.0 Å². The van der Waals surface area contributed by atoms with Crippen molar-refractivity contribution < 1.29 is 4.79 Å². The number of nitrogens with zero attached hydrogens (tertiary/aromatic N) is 1. The molecular weight excluding hydrogens is 384 g/mol. The third-order valence-electron chi connectivity index (χ3n) is 3.72. The molecule has 0 aliphatic rings. The number of nitrogens with one attached hydrogen (secondary N) is 1. The van der Waals surface area contributed by atoms with E-state index in [2.05, 4.69) is 10.3 Å². The highest BCUT2D eigenvalue weighted by molar-refractivity contribution is 7.20. The van der Waals surface area contributed by atoms with Crippen molar-refractivity contribution in [3.63, 3.8) is 0 Å². The van der Waals surface area contributed by atoms with Gasteiger partial charge in [-0.25, -0.2) is 4.98 Å². The molecule has 26 heavy (non-hydrogen) atoms. The van der Waals surface area contributed by atoms with Crippen LogP contribution in [0.3, 0.4) is 0 Å². The number of amides is 1. The molecule has 0 radical (unpaired) electrons. The molecule has 4 rings (SSSR count). The van der Waals surface area contributed by atoms with E-state index >= 15 is 0 Å². The van der Waals surface area contributed by atoms with Crippen molar-refractivity contribution in [2.45, 2.75) is 0 Å². The summed E-state index contributed by atoms with van der Waals surface area (Å²) in [7, 11) is 0. The molecule has 0 unspecified atom stereocenters. The molecule has 2 aromatic carbocycles. The summed E-state index contributed by atoms with van der Waals surface area (Å²) in [6, 6.07) is 21.0. The minimum atomic E-state index is -0.224. The van der Waals surface area contributed by atoms with Crippen LogP contribution in [-0.4, -0.2) is 10.9 Å². The fourth-order valence-electron chi connectivity index (χ4n) is 2.54. The molecule has 0 atom stereocenters. The number of thiophene rings is 1. The maximum absolute atomic E-state index is 12.5. The van der Waals surface area contributed by atoms with Gasteiger partial charge in [-0.15, -0.1) is 11.3 Å². The van der Waals surface area contributed by atoms with E-state index in [0.717, 1.165) is 21.0 Å². The highest BCUT2D eigenvalue weighted by atomic mass is 35.5. The summed E-state index contributed by atoms with van der Waals surface area (Å²) in [5.74, 6) is -0.224. The van der Waals surface area contributed by atoms with Crippen molar-refractivity contribution in [1.29, 1.82) is 0 Å². The number of rotatable bonds is 4. The van der Waals surface area contributed by atoms with Crippen LogP contribution in [-0.2, 0) is 0 Å². The molecule has 2 heterocycles. The molecule has 0 saturated carbocycles. The SMILES string of the molecule is O=C(Nc1nc(-c2cccs2)c(-c2ccccc2)s1)c1cccc(Cl)c1. The van der Waals surface area contributed by atoms with Gasteiger partial charge in [0.1, 0.15) is 5.69 Å². The first-order valence-electron chi connectivity index (χ1n) is 7.88. The zero-order valence-electron chi connectivity index (χ0n) is 13.5. The molecule has 0 saturated heterocycles. The van der Waals surface area contributed by atoms with Crippen LogP contribution < -0.4 is 5.32 Å². The Balaban J connectivity index is 1.70. The van der Waals surface area contributed by atoms with Crippen LogP contribution in [0.15, 0.2) is 72.1 Å². The van der Waals surface area contributed by atoms with Crippen LogP contribution in [0, 0.1) is 0 Å². The van der Waals surface area contributed by atoms with Gasteiger partial charge >= 0.3 is 0 Å². The van der Waals surface area contributed by atoms with E-state index in [1.165, 1.54) is 11.3 Å². The van der Waals surface area contributed by atoms with E-state index in [0.29, 0.717) is 15.7 Å². The Bertz CT molecular complexity index is 1040. The minimum absolute atomic E-state index is 0.224. The molecule has 6 heteroatoms. The van der Waals surface area contributed by atoms with Gasteiger partial charge in [-0.1, -0.05) is 65.4 Å². The van der Waals surface area contributed by atoms with Crippen LogP contribution in [0.25, 0.3) is 21.0 Å². The fraction of sp³-hybridized carbons (Fsp3) is 0. The van der Waals surface area contributed by atoms with Crippen LogP contribution in [0.1, 0.15) is 10.4 Å². The molecular formula is C20H13ClN2OS2. The smallest absolute Gasteiger partial charge is 0.257 e. The van der Waals surface area contributed by atoms with Crippen LogP contribution in [0.2, 0.25) is 5.02 Å². The molecule has 0 spiro atoms. The molecule has 3 nitrogen and oxygen atoms in total. The first kappa shape index (κ1) is 17.0. The minimum Gasteiger partial charge on any atom is -0.298 e. The van der Waals surface area contributed by atoms with Gasteiger partial charge in [0.05, 0.1) is 9.75 Å². The van der Waals surface area contributed by atoms with Gasteiger partial charge < -0.3 is 0 Å². The summed E-state index contributed by atoms with van der Waals surface area (Å²) in [4.78, 5) is 19.3. The lowest BCUT2D eigenvalue weighted by molar-refractivity contribution is 0.102. The molecule has 0 aliphatic heterocycles. The number of aromatic nitrogens is 1. The number of anilines is 1. The molecule has 128 valence electrons. The molecule has 0 fully saturated rings. The van der Waals surface area contributed by atoms with Gasteiger partial charge in [-0.2, -0.15) is 0 Å². The van der Waals surface area contributed by atoms with E-state index in [4.69, 9.17) is 11.6 Å². The molecule has 2 aromatic heterocycles. The van der Waals surface area contributed by atoms with E-state index in [1.54, 1.807) is 35.6 Å². The highest BCUT2D eigenvalue weighted by Crippen LogP contribution is 2.40. The van der Waals surface area contributed by atoms with Gasteiger partial charge in [0.25, 0.3) is 5.91 Å². The lowest BCUT2D eigenvalue weighted by atomic mass is 10.1. The van der Waals surface area contributed by atoms with Crippen LogP contribution in [0.5, 0.6) is 0 Å². The number of hydrogen-bond acceptors (Lipinski definition) is 4. The average Bonchev–Trinajstić information content (AvgIpc) is 3.32. The quantitative estimate of drug-likeness (QED) is 0.431. The summed E-state index contributed by atoms with van der Waals surface area (Å²) < 4.78 is 0. The summed E-state index contributed by atoms with van der Waals surface area (Å²) in [6.07, 6.45) is 0. The maximum Gasteiger partial charge on any atom is 0.257 e. The number of carbonyl (C=O) groups excluding carboxylic acids is 1. The Kier molecular flexibility index (Phi) is 4.84. The molecule has 4 aromatic rings. The van der Waals surface area contributed by atoms with Gasteiger partial charge in [-0.05, 0) is 35.2 Å². The van der Waals surface area contributed by atoms with Crippen LogP contribution in [0.4, 0.5) is 5.13 Å². The predicted octanol–water partition coefficient (Wildman–Crippen LogP) is 6.44. The maximum atomic E-state index is 12.5. The first-order valence-corrected chi connectivity index (χ1v) is 9.95. The summed E-state index contributed by atoms with van der Waals surface area (Å²) in [6.45, 7) is 0. The van der Waals surface area contributed by atoms with Crippen molar-refractivity contribution in [1.82, 2.24) is 4.98 Å². The second-order valence-electron chi connectivity index (χ2n) is 5.50. The number of thiazole rings is 1. The topological polar surface area (TPSA) is 42.0 Å². The Morgan fingerprint density at radius 3 is 2.58 bits per heavy atom. The fourth-order valence-corrected chi connectivity index (χ4v) is 4.49. The normalized spacial score (nSPS) is 10.7. The monoisotopic (exact) mass is 396 g/mol. The standard InChI is InChI=1S/C20H13ClN2OS2/c21-15-9-4-8-14(12-15)19(24)23-20-22-17(16-10-5-11-25-16)18(26-20)13-6-2-1-3-7-13/h1-12H,(H,22,23,24). The van der Waals surface area contributed by atoms with E-state index in [9.17, 15) is 4.79 Å². The summed E-state index contributed by atoms with van der Waals surface area (Å²) in [5, 5.41) is 6.01. The van der Waals surface area contributed by atoms with Gasteiger partial charge in [0.2, 0.25) is 0 Å². The predicted molar refractivity (Wildman–Crippen MR) is 110 cm³/mol. The zero-order chi connectivity index (χ0) is 17.9. The summed E-state index contributed by atoms with van der Waals surface area (Å²) >= 11 is 9.08. The van der Waals surface area contributed by atoms with Gasteiger partial charge in [-0.3, -0.25) is 10.1 Å². The van der Waals surface area contributed by atoms with Crippen molar-refractivity contribution in [2.24, 2.45) is 0 Å². The van der Waals surface area contributed by atoms with E-state index in [1.807, 2.05) is 47.8 Å².